The molecular formula is C19H22N2O3. The summed E-state index contributed by atoms with van der Waals surface area (Å²) in [6, 6.07) is 10.5. The lowest BCUT2D eigenvalue weighted by Crippen LogP contribution is -2.44. The Balaban J connectivity index is 1.61. The molecule has 0 radical (unpaired) electrons. The molecule has 1 heterocycles. The molecule has 0 unspecified atom stereocenters. The van der Waals surface area contributed by atoms with Crippen molar-refractivity contribution >= 4 is 5.91 Å². The van der Waals surface area contributed by atoms with Crippen LogP contribution in [0.2, 0.25) is 0 Å². The van der Waals surface area contributed by atoms with Gasteiger partial charge in [0.1, 0.15) is 11.5 Å². The Morgan fingerprint density at radius 2 is 1.88 bits per heavy atom. The molecule has 1 amide bonds. The van der Waals surface area contributed by atoms with Crippen LogP contribution in [0.4, 0.5) is 0 Å². The molecule has 1 aromatic heterocycles. The minimum Gasteiger partial charge on any atom is -0.457 e. The monoisotopic (exact) mass is 326 g/mol. The van der Waals surface area contributed by atoms with Crippen molar-refractivity contribution in [3.63, 3.8) is 0 Å². The molecule has 5 nitrogen and oxygen atoms in total. The fourth-order valence-electron chi connectivity index (χ4n) is 2.98. The molecule has 1 aliphatic rings. The first-order valence-corrected chi connectivity index (χ1v) is 8.33. The summed E-state index contributed by atoms with van der Waals surface area (Å²) in [5.41, 5.74) is -0.250. The van der Waals surface area contributed by atoms with Gasteiger partial charge in [0.15, 0.2) is 0 Å². The quantitative estimate of drug-likeness (QED) is 0.884. The SMILES string of the molecule is O=C(NCC1(O)CCCCC1)c1cccc(Oc2ccncc2)c1. The first-order chi connectivity index (χ1) is 11.6. The molecule has 2 N–H and O–H groups in total. The molecule has 1 aliphatic carbocycles. The van der Waals surface area contributed by atoms with Crippen LogP contribution in [-0.4, -0.2) is 28.1 Å². The average Bonchev–Trinajstić information content (AvgIpc) is 2.61. The van der Waals surface area contributed by atoms with Gasteiger partial charge in [0.25, 0.3) is 5.91 Å². The summed E-state index contributed by atoms with van der Waals surface area (Å²) in [5, 5.41) is 13.3. The molecule has 0 spiro atoms. The number of carbonyl (C=O) groups excluding carboxylic acids is 1. The first kappa shape index (κ1) is 16.5. The Kier molecular flexibility index (Phi) is 5.11. The molecule has 1 aromatic carbocycles. The predicted molar refractivity (Wildman–Crippen MR) is 91.1 cm³/mol. The van der Waals surface area contributed by atoms with E-state index in [2.05, 4.69) is 10.3 Å². The highest BCUT2D eigenvalue weighted by Crippen LogP contribution is 2.27. The zero-order valence-corrected chi connectivity index (χ0v) is 13.6. The lowest BCUT2D eigenvalue weighted by molar-refractivity contribution is 0.00525. The van der Waals surface area contributed by atoms with E-state index in [1.807, 2.05) is 0 Å². The topological polar surface area (TPSA) is 71.5 Å². The van der Waals surface area contributed by atoms with E-state index in [1.54, 1.807) is 48.8 Å². The third-order valence-electron chi connectivity index (χ3n) is 4.34. The van der Waals surface area contributed by atoms with E-state index in [9.17, 15) is 9.90 Å². The fraction of sp³-hybridized carbons (Fsp3) is 0.368. The fourth-order valence-corrected chi connectivity index (χ4v) is 2.98. The van der Waals surface area contributed by atoms with E-state index in [4.69, 9.17) is 4.74 Å². The number of nitrogens with one attached hydrogen (secondary N) is 1. The summed E-state index contributed by atoms with van der Waals surface area (Å²) in [7, 11) is 0. The van der Waals surface area contributed by atoms with Crippen molar-refractivity contribution < 1.29 is 14.6 Å². The van der Waals surface area contributed by atoms with Gasteiger partial charge in [-0.3, -0.25) is 9.78 Å². The zero-order valence-electron chi connectivity index (χ0n) is 13.6. The largest absolute Gasteiger partial charge is 0.457 e. The van der Waals surface area contributed by atoms with Crippen molar-refractivity contribution in [3.05, 3.63) is 54.4 Å². The Labute approximate surface area is 141 Å². The third kappa shape index (κ3) is 4.32. The zero-order chi connectivity index (χ0) is 16.8. The number of benzene rings is 1. The predicted octanol–water partition coefficient (Wildman–Crippen LogP) is 3.30. The highest BCUT2D eigenvalue weighted by atomic mass is 16.5. The summed E-state index contributed by atoms with van der Waals surface area (Å²) in [6.45, 7) is 0.293. The number of carbonyl (C=O) groups is 1. The van der Waals surface area contributed by atoms with Crippen LogP contribution in [0.5, 0.6) is 11.5 Å². The maximum absolute atomic E-state index is 12.3. The van der Waals surface area contributed by atoms with Gasteiger partial charge < -0.3 is 15.2 Å². The molecule has 0 saturated heterocycles. The van der Waals surface area contributed by atoms with Crippen molar-refractivity contribution in [2.24, 2.45) is 0 Å². The number of amides is 1. The van der Waals surface area contributed by atoms with Gasteiger partial charge in [0, 0.05) is 24.5 Å². The molecule has 126 valence electrons. The van der Waals surface area contributed by atoms with Gasteiger partial charge in [-0.1, -0.05) is 25.3 Å². The van der Waals surface area contributed by atoms with Gasteiger partial charge in [0.05, 0.1) is 5.60 Å². The Morgan fingerprint density at radius 3 is 2.62 bits per heavy atom. The highest BCUT2D eigenvalue weighted by molar-refractivity contribution is 5.94. The molecule has 0 bridgehead atoms. The minimum atomic E-state index is -0.765. The van der Waals surface area contributed by atoms with Crippen LogP contribution in [0.25, 0.3) is 0 Å². The average molecular weight is 326 g/mol. The molecule has 3 rings (SSSR count). The van der Waals surface area contributed by atoms with Gasteiger partial charge in [-0.05, 0) is 43.2 Å². The van der Waals surface area contributed by atoms with E-state index in [-0.39, 0.29) is 5.91 Å². The summed E-state index contributed by atoms with van der Waals surface area (Å²) < 4.78 is 5.71. The number of nitrogens with zero attached hydrogens (tertiary/aromatic N) is 1. The second-order valence-corrected chi connectivity index (χ2v) is 6.28. The summed E-state index contributed by atoms with van der Waals surface area (Å²) in [6.07, 6.45) is 7.98. The first-order valence-electron chi connectivity index (χ1n) is 8.33. The summed E-state index contributed by atoms with van der Waals surface area (Å²) >= 11 is 0. The number of rotatable bonds is 5. The molecule has 1 fully saturated rings. The second-order valence-electron chi connectivity index (χ2n) is 6.28. The van der Waals surface area contributed by atoms with Crippen molar-refractivity contribution in [1.29, 1.82) is 0 Å². The lowest BCUT2D eigenvalue weighted by Gasteiger charge is -2.32. The van der Waals surface area contributed by atoms with Gasteiger partial charge in [0.2, 0.25) is 0 Å². The van der Waals surface area contributed by atoms with Gasteiger partial charge in [-0.2, -0.15) is 0 Å². The van der Waals surface area contributed by atoms with E-state index >= 15 is 0 Å². The van der Waals surface area contributed by atoms with E-state index in [0.717, 1.165) is 32.1 Å². The van der Waals surface area contributed by atoms with Crippen molar-refractivity contribution in [2.45, 2.75) is 37.7 Å². The van der Waals surface area contributed by atoms with Crippen molar-refractivity contribution in [2.75, 3.05) is 6.54 Å². The van der Waals surface area contributed by atoms with Crippen LogP contribution in [0.1, 0.15) is 42.5 Å². The molecular weight excluding hydrogens is 304 g/mol. The molecule has 5 heteroatoms. The number of hydrogen-bond donors (Lipinski definition) is 2. The molecule has 0 aliphatic heterocycles. The number of ether oxygens (including phenoxy) is 1. The minimum absolute atomic E-state index is 0.200. The summed E-state index contributed by atoms with van der Waals surface area (Å²) in [5.74, 6) is 1.05. The van der Waals surface area contributed by atoms with Crippen molar-refractivity contribution in [1.82, 2.24) is 10.3 Å². The van der Waals surface area contributed by atoms with E-state index < -0.39 is 5.60 Å². The number of hydrogen-bond acceptors (Lipinski definition) is 4. The van der Waals surface area contributed by atoms with Crippen LogP contribution in [0.3, 0.4) is 0 Å². The molecule has 2 aromatic rings. The van der Waals surface area contributed by atoms with Gasteiger partial charge in [-0.15, -0.1) is 0 Å². The number of aliphatic hydroxyl groups is 1. The normalized spacial score (nSPS) is 16.4. The summed E-state index contributed by atoms with van der Waals surface area (Å²) in [4.78, 5) is 16.3. The third-order valence-corrected chi connectivity index (χ3v) is 4.34. The van der Waals surface area contributed by atoms with E-state index in [0.29, 0.717) is 23.6 Å². The Bertz CT molecular complexity index is 682. The van der Waals surface area contributed by atoms with Crippen LogP contribution >= 0.6 is 0 Å². The van der Waals surface area contributed by atoms with Gasteiger partial charge in [-0.25, -0.2) is 0 Å². The number of pyridine rings is 1. The van der Waals surface area contributed by atoms with Crippen LogP contribution in [0, 0.1) is 0 Å². The maximum atomic E-state index is 12.3. The maximum Gasteiger partial charge on any atom is 0.251 e. The Morgan fingerprint density at radius 1 is 1.12 bits per heavy atom. The number of aromatic nitrogens is 1. The van der Waals surface area contributed by atoms with Crippen LogP contribution in [-0.2, 0) is 0 Å². The lowest BCUT2D eigenvalue weighted by atomic mass is 9.85. The van der Waals surface area contributed by atoms with Gasteiger partial charge >= 0.3 is 0 Å². The van der Waals surface area contributed by atoms with Crippen LogP contribution in [0.15, 0.2) is 48.8 Å². The second kappa shape index (κ2) is 7.45. The van der Waals surface area contributed by atoms with E-state index in [1.165, 1.54) is 0 Å². The van der Waals surface area contributed by atoms with Crippen molar-refractivity contribution in [3.8, 4) is 11.5 Å². The highest BCUT2D eigenvalue weighted by Gasteiger charge is 2.29. The molecule has 24 heavy (non-hydrogen) atoms. The molecule has 0 atom stereocenters. The standard InChI is InChI=1S/C19H22N2O3/c22-18(21-14-19(23)9-2-1-3-10-19)15-5-4-6-17(13-15)24-16-7-11-20-12-8-16/h4-8,11-13,23H,1-3,9-10,14H2,(H,21,22). The Hall–Kier alpha value is -2.40. The van der Waals surface area contributed by atoms with Crippen LogP contribution < -0.4 is 10.1 Å². The smallest absolute Gasteiger partial charge is 0.251 e. The molecule has 1 saturated carbocycles.